The van der Waals surface area contributed by atoms with Gasteiger partial charge in [0.1, 0.15) is 11.2 Å². The first-order chi connectivity index (χ1) is 31.2. The van der Waals surface area contributed by atoms with Crippen molar-refractivity contribution in [2.24, 2.45) is 0 Å². The Bertz CT molecular complexity index is 3840. The summed E-state index contributed by atoms with van der Waals surface area (Å²) in [6.07, 6.45) is 0. The maximum atomic E-state index is 6.71. The summed E-state index contributed by atoms with van der Waals surface area (Å²) in [7, 11) is 0. The van der Waals surface area contributed by atoms with Crippen molar-refractivity contribution in [3.8, 4) is 56.4 Å². The van der Waals surface area contributed by atoms with Crippen LogP contribution in [0.4, 0.5) is 0 Å². The molecule has 0 amide bonds. The van der Waals surface area contributed by atoms with Crippen LogP contribution < -0.4 is 0 Å². The van der Waals surface area contributed by atoms with E-state index < -0.39 is 0 Å². The largest absolute Gasteiger partial charge is 0.456 e. The van der Waals surface area contributed by atoms with E-state index in [1.54, 1.807) is 0 Å². The van der Waals surface area contributed by atoms with Crippen LogP contribution in [0.25, 0.3) is 122 Å². The second kappa shape index (κ2) is 14.0. The monoisotopic (exact) mass is 804 g/mol. The quantitative estimate of drug-likeness (QED) is 0.168. The number of rotatable bonds is 6. The molecule has 0 bridgehead atoms. The van der Waals surface area contributed by atoms with Crippen LogP contribution in [-0.4, -0.2) is 19.1 Å². The summed E-state index contributed by atoms with van der Waals surface area (Å²) in [6, 6.07) is 77.3. The van der Waals surface area contributed by atoms with Crippen LogP contribution in [0.15, 0.2) is 223 Å². The van der Waals surface area contributed by atoms with Crippen molar-refractivity contribution in [1.82, 2.24) is 19.1 Å². The van der Waals surface area contributed by atoms with Gasteiger partial charge in [-0.15, -0.1) is 0 Å². The number of para-hydroxylation sites is 3. The molecule has 0 aliphatic rings. The Balaban J connectivity index is 0.909. The summed E-state index contributed by atoms with van der Waals surface area (Å²) in [4.78, 5) is 10.1. The Morgan fingerprint density at radius 1 is 0.286 bits per heavy atom. The fraction of sp³-hybridized carbons (Fsp3) is 0. The molecule has 5 nitrogen and oxygen atoms in total. The van der Waals surface area contributed by atoms with Crippen LogP contribution in [0.1, 0.15) is 0 Å². The third-order valence-corrected chi connectivity index (χ3v) is 12.5. The van der Waals surface area contributed by atoms with Crippen molar-refractivity contribution in [3.63, 3.8) is 0 Å². The highest BCUT2D eigenvalue weighted by Gasteiger charge is 2.18. The van der Waals surface area contributed by atoms with Gasteiger partial charge in [0.2, 0.25) is 0 Å². The maximum Gasteiger partial charge on any atom is 0.160 e. The highest BCUT2D eigenvalue weighted by Crippen LogP contribution is 2.40. The van der Waals surface area contributed by atoms with Crippen LogP contribution >= 0.6 is 0 Å². The van der Waals surface area contributed by atoms with Gasteiger partial charge in [-0.3, -0.25) is 0 Å². The van der Waals surface area contributed by atoms with Gasteiger partial charge < -0.3 is 13.6 Å². The summed E-state index contributed by atoms with van der Waals surface area (Å²) in [5.74, 6) is 0.654. The highest BCUT2D eigenvalue weighted by molar-refractivity contribution is 6.13. The van der Waals surface area contributed by atoms with Gasteiger partial charge in [0, 0.05) is 66.4 Å². The SMILES string of the molecule is c1ccc(-c2cc(-c3ccccc3)nc(-c3ccc4c(c3)oc3cc(-n5c6ccccc6c6cc(-c7ccc8c(c7)c7ccccc7n8-c7ccccc7)ccc65)ccc34)n2)cc1. The molecule has 4 aromatic heterocycles. The van der Waals surface area contributed by atoms with Gasteiger partial charge in [-0.2, -0.15) is 0 Å². The zero-order chi connectivity index (χ0) is 41.4. The molecular formula is C58H36N4O. The summed E-state index contributed by atoms with van der Waals surface area (Å²) < 4.78 is 11.4. The average Bonchev–Trinajstić information content (AvgIpc) is 4.01. The minimum atomic E-state index is 0.654. The van der Waals surface area contributed by atoms with Gasteiger partial charge in [0.05, 0.1) is 33.5 Å². The average molecular weight is 805 g/mol. The van der Waals surface area contributed by atoms with Gasteiger partial charge in [-0.1, -0.05) is 133 Å². The number of hydrogen-bond acceptors (Lipinski definition) is 3. The molecule has 0 saturated carbocycles. The van der Waals surface area contributed by atoms with Gasteiger partial charge in [-0.25, -0.2) is 9.97 Å². The summed E-state index contributed by atoms with van der Waals surface area (Å²) >= 11 is 0. The van der Waals surface area contributed by atoms with Crippen LogP contribution in [-0.2, 0) is 0 Å². The number of benzene rings is 9. The molecule has 0 N–H and O–H groups in total. The minimum absolute atomic E-state index is 0.654. The molecule has 9 aromatic carbocycles. The Kier molecular flexibility index (Phi) is 7.84. The lowest BCUT2D eigenvalue weighted by Crippen LogP contribution is -1.95. The van der Waals surface area contributed by atoms with Crippen molar-refractivity contribution in [2.45, 2.75) is 0 Å². The Labute approximate surface area is 362 Å². The molecular weight excluding hydrogens is 769 g/mol. The standard InChI is InChI=1S/C58H36N4O/c1-4-14-37(15-5-1)50-36-51(38-16-6-2-7-17-38)60-58(59-50)41-24-28-46-47-29-27-43(35-57(47)63-56(46)34-41)62-53-23-13-11-21-45(53)49-33-40(26-31-55(49)62)39-25-30-54-48(32-39)44-20-10-12-22-52(44)61(54)42-18-8-3-9-19-42/h1-36H. The first-order valence-electron chi connectivity index (χ1n) is 21.3. The van der Waals surface area contributed by atoms with Gasteiger partial charge in [0.15, 0.2) is 5.82 Å². The Hall–Kier alpha value is -8.54. The van der Waals surface area contributed by atoms with E-state index in [1.807, 2.05) is 36.4 Å². The van der Waals surface area contributed by atoms with E-state index >= 15 is 0 Å². The van der Waals surface area contributed by atoms with Crippen molar-refractivity contribution >= 4 is 65.6 Å². The second-order valence-electron chi connectivity index (χ2n) is 16.2. The molecule has 63 heavy (non-hydrogen) atoms. The summed E-state index contributed by atoms with van der Waals surface area (Å²) in [6.45, 7) is 0. The van der Waals surface area contributed by atoms with E-state index in [2.05, 4.69) is 191 Å². The van der Waals surface area contributed by atoms with E-state index in [-0.39, 0.29) is 0 Å². The molecule has 13 rings (SSSR count). The Morgan fingerprint density at radius 2 is 0.746 bits per heavy atom. The number of fused-ring (bicyclic) bond motifs is 9. The first-order valence-corrected chi connectivity index (χ1v) is 21.3. The van der Waals surface area contributed by atoms with E-state index in [9.17, 15) is 0 Å². The second-order valence-corrected chi connectivity index (χ2v) is 16.2. The predicted molar refractivity (Wildman–Crippen MR) is 260 cm³/mol. The highest BCUT2D eigenvalue weighted by atomic mass is 16.3. The van der Waals surface area contributed by atoms with Gasteiger partial charge in [0.25, 0.3) is 0 Å². The zero-order valence-corrected chi connectivity index (χ0v) is 34.0. The lowest BCUT2D eigenvalue weighted by molar-refractivity contribution is 0.668. The molecule has 0 saturated heterocycles. The van der Waals surface area contributed by atoms with Crippen LogP contribution in [0.3, 0.4) is 0 Å². The number of furan rings is 1. The zero-order valence-electron chi connectivity index (χ0n) is 34.0. The lowest BCUT2D eigenvalue weighted by Gasteiger charge is -2.09. The molecule has 5 heteroatoms. The van der Waals surface area contributed by atoms with Gasteiger partial charge >= 0.3 is 0 Å². The molecule has 294 valence electrons. The van der Waals surface area contributed by atoms with Crippen molar-refractivity contribution in [1.29, 1.82) is 0 Å². The summed E-state index contributed by atoms with van der Waals surface area (Å²) in [5.41, 5.74) is 15.6. The van der Waals surface area contributed by atoms with Gasteiger partial charge in [-0.05, 0) is 90.0 Å². The lowest BCUT2D eigenvalue weighted by atomic mass is 10.0. The topological polar surface area (TPSA) is 48.8 Å². The molecule has 0 aliphatic heterocycles. The van der Waals surface area contributed by atoms with E-state index in [0.29, 0.717) is 5.82 Å². The van der Waals surface area contributed by atoms with Crippen LogP contribution in [0.2, 0.25) is 0 Å². The third-order valence-electron chi connectivity index (χ3n) is 12.5. The number of nitrogens with zero attached hydrogens (tertiary/aromatic N) is 4. The molecule has 0 atom stereocenters. The molecule has 0 unspecified atom stereocenters. The van der Waals surface area contributed by atoms with E-state index in [0.717, 1.165) is 72.4 Å². The smallest absolute Gasteiger partial charge is 0.160 e. The molecule has 0 spiro atoms. The van der Waals surface area contributed by atoms with Crippen LogP contribution in [0.5, 0.6) is 0 Å². The third kappa shape index (κ3) is 5.71. The molecule has 13 aromatic rings. The number of hydrogen-bond donors (Lipinski definition) is 0. The molecule has 0 aliphatic carbocycles. The molecule has 0 radical (unpaired) electrons. The molecule has 0 fully saturated rings. The normalized spacial score (nSPS) is 11.8. The van der Waals surface area contributed by atoms with Crippen molar-refractivity contribution < 1.29 is 4.42 Å². The Morgan fingerprint density at radius 3 is 1.33 bits per heavy atom. The fourth-order valence-electron chi connectivity index (χ4n) is 9.57. The molecule has 4 heterocycles. The fourth-order valence-corrected chi connectivity index (χ4v) is 9.57. The van der Waals surface area contributed by atoms with E-state index in [4.69, 9.17) is 14.4 Å². The van der Waals surface area contributed by atoms with Crippen molar-refractivity contribution in [3.05, 3.63) is 218 Å². The predicted octanol–water partition coefficient (Wildman–Crippen LogP) is 15.2. The first kappa shape index (κ1) is 35.2. The summed E-state index contributed by atoms with van der Waals surface area (Å²) in [5, 5.41) is 7.02. The number of aromatic nitrogens is 4. The van der Waals surface area contributed by atoms with Crippen molar-refractivity contribution in [2.75, 3.05) is 0 Å². The van der Waals surface area contributed by atoms with Crippen LogP contribution in [0, 0.1) is 0 Å². The maximum absolute atomic E-state index is 6.71. The minimum Gasteiger partial charge on any atom is -0.456 e. The van der Waals surface area contributed by atoms with E-state index in [1.165, 1.54) is 43.7 Å².